The predicted molar refractivity (Wildman–Crippen MR) is 78.1 cm³/mol. The largest absolute Gasteiger partial charge is 0.315 e. The minimum Gasteiger partial charge on any atom is -0.315 e. The molecule has 1 aliphatic rings. The summed E-state index contributed by atoms with van der Waals surface area (Å²) in [7, 11) is -3.51. The first kappa shape index (κ1) is 13.5. The highest BCUT2D eigenvalue weighted by Crippen LogP contribution is 2.25. The average Bonchev–Trinajstić information content (AvgIpc) is 2.90. The Bertz CT molecular complexity index is 732. The van der Waals surface area contributed by atoms with Gasteiger partial charge in [0.2, 0.25) is 10.0 Å². The molecule has 5 nitrogen and oxygen atoms in total. The SMILES string of the molecule is Cc1cncc2cccc(S(=O)(=O)N[C@@H]3CCNC3)c12. The van der Waals surface area contributed by atoms with Crippen molar-refractivity contribution in [2.45, 2.75) is 24.3 Å². The number of hydrogen-bond donors (Lipinski definition) is 2. The minimum absolute atomic E-state index is 0.0302. The first-order chi connectivity index (χ1) is 9.58. The standard InChI is InChI=1S/C14H17N3O2S/c1-10-7-16-8-11-3-2-4-13(14(10)11)20(18,19)17-12-5-6-15-9-12/h2-4,7-8,12,15,17H,5-6,9H2,1H3/t12-/m1/s1. The maximum atomic E-state index is 12.6. The zero-order valence-electron chi connectivity index (χ0n) is 11.3. The van der Waals surface area contributed by atoms with Gasteiger partial charge in [0.05, 0.1) is 4.90 Å². The number of hydrogen-bond acceptors (Lipinski definition) is 4. The van der Waals surface area contributed by atoms with Gasteiger partial charge in [-0.3, -0.25) is 4.98 Å². The van der Waals surface area contributed by atoms with E-state index in [2.05, 4.69) is 15.0 Å². The maximum Gasteiger partial charge on any atom is 0.241 e. The summed E-state index contributed by atoms with van der Waals surface area (Å²) >= 11 is 0. The Labute approximate surface area is 118 Å². The van der Waals surface area contributed by atoms with Gasteiger partial charge in [-0.1, -0.05) is 12.1 Å². The monoisotopic (exact) mass is 291 g/mol. The van der Waals surface area contributed by atoms with E-state index in [9.17, 15) is 8.42 Å². The lowest BCUT2D eigenvalue weighted by atomic mass is 10.1. The van der Waals surface area contributed by atoms with Gasteiger partial charge < -0.3 is 5.32 Å². The summed E-state index contributed by atoms with van der Waals surface area (Å²) in [6, 6.07) is 5.26. The number of sulfonamides is 1. The smallest absolute Gasteiger partial charge is 0.241 e. The van der Waals surface area contributed by atoms with Crippen LogP contribution in [0, 0.1) is 6.92 Å². The number of nitrogens with zero attached hydrogens (tertiary/aromatic N) is 1. The number of aromatic nitrogens is 1. The molecule has 0 spiro atoms. The molecule has 2 heterocycles. The van der Waals surface area contributed by atoms with Crippen molar-refractivity contribution < 1.29 is 8.42 Å². The highest BCUT2D eigenvalue weighted by Gasteiger charge is 2.24. The van der Waals surface area contributed by atoms with Gasteiger partial charge in [0.25, 0.3) is 0 Å². The van der Waals surface area contributed by atoms with E-state index in [0.717, 1.165) is 29.3 Å². The van der Waals surface area contributed by atoms with Gasteiger partial charge in [0, 0.05) is 35.8 Å². The molecule has 0 amide bonds. The Morgan fingerprint density at radius 2 is 2.20 bits per heavy atom. The topological polar surface area (TPSA) is 71.1 Å². The summed E-state index contributed by atoms with van der Waals surface area (Å²) in [6.45, 7) is 3.42. The molecule has 1 aromatic carbocycles. The number of fused-ring (bicyclic) bond motifs is 1. The molecule has 1 saturated heterocycles. The third-order valence-electron chi connectivity index (χ3n) is 3.61. The van der Waals surface area contributed by atoms with Crippen LogP contribution in [0.25, 0.3) is 10.8 Å². The first-order valence-electron chi connectivity index (χ1n) is 6.64. The molecule has 0 saturated carbocycles. The Hall–Kier alpha value is -1.50. The van der Waals surface area contributed by atoms with E-state index in [0.29, 0.717) is 11.4 Å². The Kier molecular flexibility index (Phi) is 3.45. The molecule has 0 radical (unpaired) electrons. The lowest BCUT2D eigenvalue weighted by molar-refractivity contribution is 0.561. The van der Waals surface area contributed by atoms with Crippen LogP contribution < -0.4 is 10.0 Å². The molecule has 3 rings (SSSR count). The fourth-order valence-electron chi connectivity index (χ4n) is 2.63. The van der Waals surface area contributed by atoms with Gasteiger partial charge in [0.1, 0.15) is 0 Å². The van der Waals surface area contributed by atoms with Crippen LogP contribution >= 0.6 is 0 Å². The number of benzene rings is 1. The molecule has 1 fully saturated rings. The van der Waals surface area contributed by atoms with Gasteiger partial charge in [-0.05, 0) is 31.5 Å². The highest BCUT2D eigenvalue weighted by atomic mass is 32.2. The van der Waals surface area contributed by atoms with Crippen molar-refractivity contribution in [3.8, 4) is 0 Å². The maximum absolute atomic E-state index is 12.6. The van der Waals surface area contributed by atoms with Gasteiger partial charge in [-0.15, -0.1) is 0 Å². The van der Waals surface area contributed by atoms with E-state index in [4.69, 9.17) is 0 Å². The average molecular weight is 291 g/mol. The summed E-state index contributed by atoms with van der Waals surface area (Å²) < 4.78 is 28.0. The summed E-state index contributed by atoms with van der Waals surface area (Å²) in [6.07, 6.45) is 4.21. The van der Waals surface area contributed by atoms with Crippen molar-refractivity contribution in [3.63, 3.8) is 0 Å². The Morgan fingerprint density at radius 3 is 2.95 bits per heavy atom. The number of aryl methyl sites for hydroxylation is 1. The highest BCUT2D eigenvalue weighted by molar-refractivity contribution is 7.89. The van der Waals surface area contributed by atoms with Crippen LogP contribution in [-0.4, -0.2) is 32.5 Å². The molecular formula is C14H17N3O2S. The summed E-state index contributed by atoms with van der Waals surface area (Å²) in [5, 5.41) is 4.75. The van der Waals surface area contributed by atoms with Gasteiger partial charge in [-0.2, -0.15) is 0 Å². The zero-order chi connectivity index (χ0) is 14.2. The van der Waals surface area contributed by atoms with Gasteiger partial charge in [-0.25, -0.2) is 13.1 Å². The van der Waals surface area contributed by atoms with Crippen molar-refractivity contribution in [2.24, 2.45) is 0 Å². The van der Waals surface area contributed by atoms with Crippen molar-refractivity contribution in [2.75, 3.05) is 13.1 Å². The predicted octanol–water partition coefficient (Wildman–Crippen LogP) is 1.18. The third kappa shape index (κ3) is 2.42. The molecule has 106 valence electrons. The molecule has 0 unspecified atom stereocenters. The molecule has 2 aromatic rings. The van der Waals surface area contributed by atoms with Crippen LogP contribution in [0.4, 0.5) is 0 Å². The second kappa shape index (κ2) is 5.12. The third-order valence-corrected chi connectivity index (χ3v) is 5.17. The van der Waals surface area contributed by atoms with Crippen LogP contribution in [-0.2, 0) is 10.0 Å². The second-order valence-corrected chi connectivity index (χ2v) is 6.80. The number of nitrogens with one attached hydrogen (secondary N) is 2. The molecule has 0 aliphatic carbocycles. The fraction of sp³-hybridized carbons (Fsp3) is 0.357. The summed E-state index contributed by atoms with van der Waals surface area (Å²) in [5.41, 5.74) is 0.869. The summed E-state index contributed by atoms with van der Waals surface area (Å²) in [4.78, 5) is 4.45. The summed E-state index contributed by atoms with van der Waals surface area (Å²) in [5.74, 6) is 0. The van der Waals surface area contributed by atoms with Crippen LogP contribution in [0.15, 0.2) is 35.5 Å². The Morgan fingerprint density at radius 1 is 1.35 bits per heavy atom. The Balaban J connectivity index is 2.09. The molecule has 6 heteroatoms. The molecule has 20 heavy (non-hydrogen) atoms. The van der Waals surface area contributed by atoms with E-state index >= 15 is 0 Å². The molecule has 1 atom stereocenters. The zero-order valence-corrected chi connectivity index (χ0v) is 12.1. The lowest BCUT2D eigenvalue weighted by Gasteiger charge is -2.14. The minimum atomic E-state index is -3.51. The van der Waals surface area contributed by atoms with E-state index in [1.54, 1.807) is 24.5 Å². The molecule has 1 aliphatic heterocycles. The van der Waals surface area contributed by atoms with Crippen LogP contribution in [0.3, 0.4) is 0 Å². The van der Waals surface area contributed by atoms with E-state index in [-0.39, 0.29) is 6.04 Å². The van der Waals surface area contributed by atoms with E-state index < -0.39 is 10.0 Å². The molecule has 0 bridgehead atoms. The van der Waals surface area contributed by atoms with E-state index in [1.165, 1.54) is 0 Å². The van der Waals surface area contributed by atoms with Crippen LogP contribution in [0.1, 0.15) is 12.0 Å². The van der Waals surface area contributed by atoms with E-state index in [1.807, 2.05) is 13.0 Å². The number of rotatable bonds is 3. The van der Waals surface area contributed by atoms with Gasteiger partial charge >= 0.3 is 0 Å². The van der Waals surface area contributed by atoms with Gasteiger partial charge in [0.15, 0.2) is 0 Å². The molecular weight excluding hydrogens is 274 g/mol. The van der Waals surface area contributed by atoms with Crippen molar-refractivity contribution in [1.29, 1.82) is 0 Å². The van der Waals surface area contributed by atoms with Crippen molar-refractivity contribution >= 4 is 20.8 Å². The van der Waals surface area contributed by atoms with Crippen LogP contribution in [0.5, 0.6) is 0 Å². The first-order valence-corrected chi connectivity index (χ1v) is 8.12. The van der Waals surface area contributed by atoms with Crippen molar-refractivity contribution in [3.05, 3.63) is 36.2 Å². The molecule has 2 N–H and O–H groups in total. The molecule has 1 aromatic heterocycles. The number of pyridine rings is 1. The lowest BCUT2D eigenvalue weighted by Crippen LogP contribution is -2.36. The fourth-order valence-corrected chi connectivity index (χ4v) is 4.21. The quantitative estimate of drug-likeness (QED) is 0.891. The van der Waals surface area contributed by atoms with Crippen LogP contribution in [0.2, 0.25) is 0 Å². The van der Waals surface area contributed by atoms with Crippen molar-refractivity contribution in [1.82, 2.24) is 15.0 Å². The normalized spacial score (nSPS) is 19.6. The second-order valence-electron chi connectivity index (χ2n) is 5.12.